The Balaban J connectivity index is 1.90. The molecule has 0 spiro atoms. The van der Waals surface area contributed by atoms with Gasteiger partial charge in [0, 0.05) is 13.0 Å². The van der Waals surface area contributed by atoms with Crippen molar-refractivity contribution in [3.63, 3.8) is 0 Å². The van der Waals surface area contributed by atoms with Crippen LogP contribution < -0.4 is 5.32 Å². The maximum absolute atomic E-state index is 12.2. The summed E-state index contributed by atoms with van der Waals surface area (Å²) in [5, 5.41) is 11.7. The summed E-state index contributed by atoms with van der Waals surface area (Å²) in [7, 11) is 0. The molecule has 0 aromatic carbocycles. The third-order valence-electron chi connectivity index (χ3n) is 3.97. The highest BCUT2D eigenvalue weighted by atomic mass is 16.4. The topological polar surface area (TPSA) is 99.9 Å². The average molecular weight is 322 g/mol. The van der Waals surface area contributed by atoms with E-state index in [4.69, 9.17) is 9.52 Å². The zero-order chi connectivity index (χ0) is 16.8. The van der Waals surface area contributed by atoms with Gasteiger partial charge in [-0.3, -0.25) is 9.59 Å². The average Bonchev–Trinajstić information content (AvgIpc) is 3.14. The lowest BCUT2D eigenvalue weighted by molar-refractivity contribution is -0.142. The number of nitrogens with one attached hydrogen (secondary N) is 1. The first-order valence-corrected chi connectivity index (χ1v) is 7.84. The summed E-state index contributed by atoms with van der Waals surface area (Å²) in [6.45, 7) is 2.57. The number of nitrogens with zero attached hydrogens (tertiary/aromatic N) is 1. The van der Waals surface area contributed by atoms with Gasteiger partial charge in [-0.05, 0) is 18.6 Å². The van der Waals surface area contributed by atoms with Crippen molar-refractivity contribution >= 4 is 17.8 Å². The molecule has 2 atom stereocenters. The summed E-state index contributed by atoms with van der Waals surface area (Å²) >= 11 is 0. The lowest BCUT2D eigenvalue weighted by atomic mass is 10.1. The number of amides is 2. The molecule has 1 unspecified atom stereocenters. The molecule has 2 heterocycles. The standard InChI is InChI=1S/C16H22N2O5/c1-2-3-6-13(16(21)22)17-15(20)11-8-14(19)18(9-11)10-12-5-4-7-23-12/h4-5,7,11,13H,2-3,6,8-10H2,1H3,(H,17,20)(H,21,22)/t11?,13-/m0/s1. The van der Waals surface area contributed by atoms with Gasteiger partial charge in [0.25, 0.3) is 0 Å². The van der Waals surface area contributed by atoms with Gasteiger partial charge in [0.15, 0.2) is 0 Å². The van der Waals surface area contributed by atoms with Gasteiger partial charge < -0.3 is 19.7 Å². The minimum Gasteiger partial charge on any atom is -0.480 e. The van der Waals surface area contributed by atoms with E-state index in [0.29, 0.717) is 18.7 Å². The lowest BCUT2D eigenvalue weighted by Crippen LogP contribution is -2.44. The molecular weight excluding hydrogens is 300 g/mol. The highest BCUT2D eigenvalue weighted by Gasteiger charge is 2.36. The van der Waals surface area contributed by atoms with Crippen molar-refractivity contribution in [3.8, 4) is 0 Å². The minimum atomic E-state index is -1.04. The van der Waals surface area contributed by atoms with E-state index in [0.717, 1.165) is 12.8 Å². The van der Waals surface area contributed by atoms with Crippen LogP contribution in [0, 0.1) is 5.92 Å². The fourth-order valence-electron chi connectivity index (χ4n) is 2.65. The van der Waals surface area contributed by atoms with Crippen molar-refractivity contribution in [2.75, 3.05) is 6.54 Å². The molecule has 7 heteroatoms. The van der Waals surface area contributed by atoms with Gasteiger partial charge in [-0.25, -0.2) is 4.79 Å². The Morgan fingerprint density at radius 2 is 2.30 bits per heavy atom. The predicted octanol–water partition coefficient (Wildman–Crippen LogP) is 1.39. The molecule has 2 amide bonds. The molecule has 7 nitrogen and oxygen atoms in total. The van der Waals surface area contributed by atoms with Gasteiger partial charge in [-0.1, -0.05) is 19.8 Å². The maximum atomic E-state index is 12.2. The number of furan rings is 1. The SMILES string of the molecule is CCCC[C@H](NC(=O)C1CC(=O)N(Cc2ccco2)C1)C(=O)O. The van der Waals surface area contributed by atoms with E-state index in [1.165, 1.54) is 6.26 Å². The maximum Gasteiger partial charge on any atom is 0.326 e. The van der Waals surface area contributed by atoms with Crippen molar-refractivity contribution in [3.05, 3.63) is 24.2 Å². The van der Waals surface area contributed by atoms with Gasteiger partial charge >= 0.3 is 5.97 Å². The Morgan fingerprint density at radius 1 is 1.52 bits per heavy atom. The van der Waals surface area contributed by atoms with Crippen LogP contribution in [0.1, 0.15) is 38.4 Å². The molecule has 1 fully saturated rings. The second-order valence-corrected chi connectivity index (χ2v) is 5.80. The molecule has 2 rings (SSSR count). The summed E-state index contributed by atoms with van der Waals surface area (Å²) in [6.07, 6.45) is 3.62. The number of aliphatic carboxylic acids is 1. The van der Waals surface area contributed by atoms with Crippen LogP contribution in [0.3, 0.4) is 0 Å². The first kappa shape index (κ1) is 17.1. The molecule has 1 aliphatic rings. The molecule has 0 saturated carbocycles. The largest absolute Gasteiger partial charge is 0.480 e. The molecule has 2 N–H and O–H groups in total. The van der Waals surface area contributed by atoms with Crippen LogP contribution in [0.2, 0.25) is 0 Å². The van der Waals surface area contributed by atoms with Crippen molar-refractivity contribution in [2.45, 2.75) is 45.2 Å². The number of hydrogen-bond donors (Lipinski definition) is 2. The van der Waals surface area contributed by atoms with Crippen LogP contribution in [0.4, 0.5) is 0 Å². The van der Waals surface area contributed by atoms with Crippen molar-refractivity contribution in [1.29, 1.82) is 0 Å². The lowest BCUT2D eigenvalue weighted by Gasteiger charge is -2.18. The van der Waals surface area contributed by atoms with Crippen LogP contribution in [-0.2, 0) is 20.9 Å². The molecule has 126 valence electrons. The molecule has 1 saturated heterocycles. The van der Waals surface area contributed by atoms with E-state index in [-0.39, 0.29) is 24.8 Å². The first-order chi connectivity index (χ1) is 11.0. The van der Waals surface area contributed by atoms with E-state index in [2.05, 4.69) is 5.32 Å². The van der Waals surface area contributed by atoms with E-state index in [1.807, 2.05) is 6.92 Å². The van der Waals surface area contributed by atoms with E-state index >= 15 is 0 Å². The number of rotatable bonds is 8. The molecular formula is C16H22N2O5. The summed E-state index contributed by atoms with van der Waals surface area (Å²) in [5.74, 6) is -1.39. The van der Waals surface area contributed by atoms with E-state index in [1.54, 1.807) is 17.0 Å². The molecule has 23 heavy (non-hydrogen) atoms. The van der Waals surface area contributed by atoms with Crippen LogP contribution in [0.5, 0.6) is 0 Å². The number of unbranched alkanes of at least 4 members (excludes halogenated alkanes) is 1. The summed E-state index contributed by atoms with van der Waals surface area (Å²) in [4.78, 5) is 37.0. The van der Waals surface area contributed by atoms with Gasteiger partial charge in [-0.15, -0.1) is 0 Å². The van der Waals surface area contributed by atoms with Crippen molar-refractivity contribution < 1.29 is 23.9 Å². The smallest absolute Gasteiger partial charge is 0.326 e. The second-order valence-electron chi connectivity index (χ2n) is 5.80. The van der Waals surface area contributed by atoms with Gasteiger partial charge in [0.1, 0.15) is 11.8 Å². The van der Waals surface area contributed by atoms with Crippen LogP contribution >= 0.6 is 0 Å². The normalized spacial score (nSPS) is 18.9. The summed E-state index contributed by atoms with van der Waals surface area (Å²) < 4.78 is 5.21. The predicted molar refractivity (Wildman–Crippen MR) is 81.3 cm³/mol. The molecule has 0 aliphatic carbocycles. The Hall–Kier alpha value is -2.31. The number of hydrogen-bond acceptors (Lipinski definition) is 4. The number of carboxylic acids is 1. The number of carbonyl (C=O) groups is 3. The summed E-state index contributed by atoms with van der Waals surface area (Å²) in [6, 6.07) is 2.62. The molecule has 1 aromatic rings. The van der Waals surface area contributed by atoms with Crippen LogP contribution in [0.15, 0.2) is 22.8 Å². The van der Waals surface area contributed by atoms with Gasteiger partial charge in [0.2, 0.25) is 11.8 Å². The van der Waals surface area contributed by atoms with Gasteiger partial charge in [-0.2, -0.15) is 0 Å². The number of likely N-dealkylation sites (tertiary alicyclic amines) is 1. The highest BCUT2D eigenvalue weighted by Crippen LogP contribution is 2.21. The Morgan fingerprint density at radius 3 is 2.91 bits per heavy atom. The Labute approximate surface area is 134 Å². The van der Waals surface area contributed by atoms with Crippen LogP contribution in [-0.4, -0.2) is 40.4 Å². The number of carboxylic acid groups (broad SMARTS) is 1. The minimum absolute atomic E-state index is 0.104. The Bertz CT molecular complexity index is 555. The zero-order valence-electron chi connectivity index (χ0n) is 13.2. The monoisotopic (exact) mass is 322 g/mol. The molecule has 0 bridgehead atoms. The third kappa shape index (κ3) is 4.58. The van der Waals surface area contributed by atoms with E-state index < -0.39 is 17.9 Å². The zero-order valence-corrected chi connectivity index (χ0v) is 13.2. The fraction of sp³-hybridized carbons (Fsp3) is 0.562. The quantitative estimate of drug-likeness (QED) is 0.753. The van der Waals surface area contributed by atoms with Crippen molar-refractivity contribution in [2.24, 2.45) is 5.92 Å². The summed E-state index contributed by atoms with van der Waals surface area (Å²) in [5.41, 5.74) is 0. The number of carbonyl (C=O) groups excluding carboxylic acids is 2. The van der Waals surface area contributed by atoms with Gasteiger partial charge in [0.05, 0.1) is 18.7 Å². The fourth-order valence-corrected chi connectivity index (χ4v) is 2.65. The van der Waals surface area contributed by atoms with Crippen molar-refractivity contribution in [1.82, 2.24) is 10.2 Å². The molecule has 0 radical (unpaired) electrons. The highest BCUT2D eigenvalue weighted by molar-refractivity contribution is 5.91. The third-order valence-corrected chi connectivity index (χ3v) is 3.97. The van der Waals surface area contributed by atoms with Crippen LogP contribution in [0.25, 0.3) is 0 Å². The van der Waals surface area contributed by atoms with E-state index in [9.17, 15) is 14.4 Å². The molecule has 1 aromatic heterocycles. The second kappa shape index (κ2) is 7.80. The first-order valence-electron chi connectivity index (χ1n) is 7.84. The molecule has 1 aliphatic heterocycles. The Kier molecular flexibility index (Phi) is 5.78.